The van der Waals surface area contributed by atoms with Crippen LogP contribution in [0.4, 0.5) is 5.69 Å². The van der Waals surface area contributed by atoms with E-state index in [1.165, 1.54) is 60.7 Å². The van der Waals surface area contributed by atoms with Crippen LogP contribution < -0.4 is 4.74 Å². The first kappa shape index (κ1) is 29.5. The average Bonchev–Trinajstić information content (AvgIpc) is 3.61. The number of hydrogen-bond acceptors (Lipinski definition) is 7. The third kappa shape index (κ3) is 5.15. The molecule has 1 heterocycles. The molecule has 2 bridgehead atoms. The molecule has 0 radical (unpaired) electrons. The molecule has 3 fully saturated rings. The molecule has 0 unspecified atom stereocenters. The van der Waals surface area contributed by atoms with E-state index in [4.69, 9.17) is 16.3 Å². The summed E-state index contributed by atoms with van der Waals surface area (Å²) < 4.78 is 5.71. The topological polar surface area (TPSA) is 127 Å². The van der Waals surface area contributed by atoms with Gasteiger partial charge in [-0.3, -0.25) is 29.3 Å². The summed E-state index contributed by atoms with van der Waals surface area (Å²) in [7, 11) is 0. The average molecular weight is 732 g/mol. The van der Waals surface area contributed by atoms with E-state index in [1.807, 2.05) is 0 Å². The number of nitro groups is 1. The Kier molecular flexibility index (Phi) is 7.86. The van der Waals surface area contributed by atoms with Gasteiger partial charge in [-0.15, -0.1) is 0 Å². The molecule has 0 aromatic heterocycles. The van der Waals surface area contributed by atoms with Gasteiger partial charge in [0.1, 0.15) is 18.0 Å². The molecule has 10 nitrogen and oxygen atoms in total. The summed E-state index contributed by atoms with van der Waals surface area (Å²) in [6.07, 6.45) is 0.720. The van der Waals surface area contributed by atoms with Crippen molar-refractivity contribution in [1.29, 1.82) is 0 Å². The number of nitrogens with zero attached hydrogens (tertiary/aromatic N) is 3. The van der Waals surface area contributed by atoms with Crippen LogP contribution in [0.3, 0.4) is 0 Å². The normalized spacial score (nSPS) is 25.5. The summed E-state index contributed by atoms with van der Waals surface area (Å²) >= 11 is 13.6. The highest BCUT2D eigenvalue weighted by atomic mass is 79.9. The third-order valence-corrected chi connectivity index (χ3v) is 11.8. The van der Waals surface area contributed by atoms with Gasteiger partial charge in [0.15, 0.2) is 5.78 Å². The number of fused-ring (bicyclic) bond motifs is 5. The lowest BCUT2D eigenvalue weighted by molar-refractivity contribution is -0.384. The van der Waals surface area contributed by atoms with E-state index in [2.05, 4.69) is 31.9 Å². The van der Waals surface area contributed by atoms with Crippen molar-refractivity contribution >= 4 is 72.7 Å². The van der Waals surface area contributed by atoms with Crippen LogP contribution in [0.5, 0.6) is 11.5 Å². The fourth-order valence-electron chi connectivity index (χ4n) is 6.29. The van der Waals surface area contributed by atoms with E-state index in [1.54, 1.807) is 12.1 Å². The Balaban J connectivity index is 1.25. The summed E-state index contributed by atoms with van der Waals surface area (Å²) in [6, 6.07) is 17.9. The largest absolute Gasteiger partial charge is 0.457 e. The summed E-state index contributed by atoms with van der Waals surface area (Å²) in [6.45, 7) is -0.575. The standard InChI is InChI=1S/C30H22Br2ClN3O7/c31-26-20-13-21(27(26)32)25-24(20)29(39)35(30(25)40)34(28(38)19-3-1-2-4-22(19)33)14-23(37)15-5-9-17(10-6-15)43-18-11-7-16(8-12-18)36(41)42/h1-12,20-21,24-27H,13-14H2/t20-,21-,24-,25+,26+,27+/m1/s1. The van der Waals surface area contributed by atoms with E-state index in [0.29, 0.717) is 11.5 Å². The Morgan fingerprint density at radius 2 is 1.44 bits per heavy atom. The van der Waals surface area contributed by atoms with Crippen LogP contribution in [0.15, 0.2) is 72.8 Å². The highest BCUT2D eigenvalue weighted by Crippen LogP contribution is 2.60. The lowest BCUT2D eigenvalue weighted by Crippen LogP contribution is -2.52. The van der Waals surface area contributed by atoms with E-state index in [-0.39, 0.29) is 43.3 Å². The molecule has 1 aliphatic heterocycles. The predicted molar refractivity (Wildman–Crippen MR) is 162 cm³/mol. The molecule has 1 saturated heterocycles. The number of carbonyl (C=O) groups excluding carboxylic acids is 4. The number of halogens is 3. The van der Waals surface area contributed by atoms with Gasteiger partial charge in [-0.2, -0.15) is 5.01 Å². The zero-order valence-corrected chi connectivity index (χ0v) is 26.1. The summed E-state index contributed by atoms with van der Waals surface area (Å²) in [4.78, 5) is 65.3. The molecule has 13 heteroatoms. The number of ketones is 1. The first-order valence-electron chi connectivity index (χ1n) is 13.3. The van der Waals surface area contributed by atoms with Crippen molar-refractivity contribution in [1.82, 2.24) is 10.0 Å². The van der Waals surface area contributed by atoms with Crippen molar-refractivity contribution in [3.8, 4) is 11.5 Å². The minimum atomic E-state index is -0.739. The first-order chi connectivity index (χ1) is 20.6. The lowest BCUT2D eigenvalue weighted by atomic mass is 9.81. The molecule has 220 valence electrons. The van der Waals surface area contributed by atoms with Gasteiger partial charge in [0.2, 0.25) is 0 Å². The quantitative estimate of drug-likeness (QED) is 0.0907. The van der Waals surface area contributed by atoms with Crippen LogP contribution in [0.25, 0.3) is 0 Å². The Bertz CT molecular complexity index is 1620. The second kappa shape index (κ2) is 11.5. The molecule has 43 heavy (non-hydrogen) atoms. The van der Waals surface area contributed by atoms with Gasteiger partial charge >= 0.3 is 0 Å². The third-order valence-electron chi connectivity index (χ3n) is 8.30. The van der Waals surface area contributed by atoms with Crippen molar-refractivity contribution in [3.63, 3.8) is 0 Å². The van der Waals surface area contributed by atoms with Crippen LogP contribution in [-0.2, 0) is 9.59 Å². The molecule has 3 amide bonds. The van der Waals surface area contributed by atoms with E-state index >= 15 is 0 Å². The zero-order valence-electron chi connectivity index (χ0n) is 22.1. The molecule has 2 saturated carbocycles. The number of alkyl halides is 2. The van der Waals surface area contributed by atoms with E-state index in [0.717, 1.165) is 16.4 Å². The maximum atomic E-state index is 13.8. The number of hydrogen-bond donors (Lipinski definition) is 0. The highest BCUT2D eigenvalue weighted by Gasteiger charge is 2.67. The molecule has 6 atom stereocenters. The Hall–Kier alpha value is -3.61. The molecule has 2 aliphatic carbocycles. The SMILES string of the molecule is O=C(CN(C(=O)c1ccccc1Cl)N1C(=O)[C@@H]2[C@H]3C[C@@H]([C@H](Br)[C@H]3Br)[C@@H]2C1=O)c1ccc(Oc2ccc([N+](=O)[O-])cc2)cc1. The van der Waals surface area contributed by atoms with E-state index in [9.17, 15) is 29.3 Å². The minimum absolute atomic E-state index is 0.0107. The van der Waals surface area contributed by atoms with Gasteiger partial charge < -0.3 is 4.74 Å². The monoisotopic (exact) mass is 729 g/mol. The lowest BCUT2D eigenvalue weighted by Gasteiger charge is -2.31. The summed E-state index contributed by atoms with van der Waals surface area (Å²) in [5, 5.41) is 12.8. The molecular weight excluding hydrogens is 710 g/mol. The van der Waals surface area contributed by atoms with Crippen LogP contribution in [-0.4, -0.2) is 54.6 Å². The molecule has 6 rings (SSSR count). The summed E-state index contributed by atoms with van der Waals surface area (Å²) in [5.74, 6) is -2.81. The Morgan fingerprint density at radius 1 is 0.907 bits per heavy atom. The second-order valence-electron chi connectivity index (χ2n) is 10.6. The smallest absolute Gasteiger partial charge is 0.274 e. The fraction of sp³-hybridized carbons (Fsp3) is 0.267. The van der Waals surface area contributed by atoms with Crippen LogP contribution in [0.2, 0.25) is 5.02 Å². The maximum Gasteiger partial charge on any atom is 0.274 e. The number of non-ortho nitro benzene ring substituents is 1. The second-order valence-corrected chi connectivity index (χ2v) is 13.2. The number of amides is 3. The van der Waals surface area contributed by atoms with Crippen LogP contribution in [0.1, 0.15) is 27.1 Å². The summed E-state index contributed by atoms with van der Waals surface area (Å²) in [5.41, 5.74) is 0.198. The predicted octanol–water partition coefficient (Wildman–Crippen LogP) is 6.06. The zero-order chi connectivity index (χ0) is 30.6. The van der Waals surface area contributed by atoms with Gasteiger partial charge in [-0.25, -0.2) is 5.01 Å². The number of nitro benzene ring substituents is 1. The Labute approximate surface area is 267 Å². The van der Waals surface area contributed by atoms with Gasteiger partial charge in [0.25, 0.3) is 23.4 Å². The molecule has 3 aromatic carbocycles. The van der Waals surface area contributed by atoms with E-state index < -0.39 is 46.8 Å². The number of benzene rings is 3. The van der Waals surface area contributed by atoms with Gasteiger partial charge in [0.05, 0.1) is 27.3 Å². The van der Waals surface area contributed by atoms with Gasteiger partial charge in [-0.05, 0) is 66.8 Å². The van der Waals surface area contributed by atoms with Crippen molar-refractivity contribution in [3.05, 3.63) is 99.1 Å². The number of rotatable bonds is 8. The molecule has 3 aromatic rings. The number of imide groups is 1. The number of Topliss-reactive ketones (excluding diaryl/α,β-unsaturated/α-hetero) is 1. The maximum absolute atomic E-state index is 13.8. The van der Waals surface area contributed by atoms with Crippen LogP contribution >= 0.6 is 43.5 Å². The minimum Gasteiger partial charge on any atom is -0.457 e. The number of ether oxygens (including phenoxy) is 1. The van der Waals surface area contributed by atoms with Crippen LogP contribution in [0, 0.1) is 33.8 Å². The molecule has 0 spiro atoms. The molecule has 3 aliphatic rings. The van der Waals surface area contributed by atoms with Crippen molar-refractivity contribution in [2.24, 2.45) is 23.7 Å². The first-order valence-corrected chi connectivity index (χ1v) is 15.6. The van der Waals surface area contributed by atoms with Crippen molar-refractivity contribution in [2.45, 2.75) is 16.1 Å². The highest BCUT2D eigenvalue weighted by molar-refractivity contribution is 9.12. The fourth-order valence-corrected chi connectivity index (χ4v) is 8.38. The Morgan fingerprint density at radius 3 is 1.98 bits per heavy atom. The molecule has 0 N–H and O–H groups in total. The van der Waals surface area contributed by atoms with Gasteiger partial charge in [0, 0.05) is 27.4 Å². The van der Waals surface area contributed by atoms with Crippen molar-refractivity contribution in [2.75, 3.05) is 6.54 Å². The van der Waals surface area contributed by atoms with Crippen molar-refractivity contribution < 1.29 is 28.8 Å². The van der Waals surface area contributed by atoms with Gasteiger partial charge in [-0.1, -0.05) is 55.6 Å². The number of hydrazine groups is 1. The molecular formula is C30H22Br2ClN3O7. The number of carbonyl (C=O) groups is 4.